The first-order chi connectivity index (χ1) is 6.75. The van der Waals surface area contributed by atoms with Crippen LogP contribution in [0.5, 0.6) is 0 Å². The number of hydrogen-bond donors (Lipinski definition) is 0. The quantitative estimate of drug-likeness (QED) is 0.534. The van der Waals surface area contributed by atoms with Crippen LogP contribution in [0.2, 0.25) is 0 Å². The summed E-state index contributed by atoms with van der Waals surface area (Å²) in [6.07, 6.45) is 2.26. The molecule has 0 N–H and O–H groups in total. The summed E-state index contributed by atoms with van der Waals surface area (Å²) in [6.45, 7) is 0.500. The lowest BCUT2D eigenvalue weighted by Crippen LogP contribution is -2.06. The van der Waals surface area contributed by atoms with Crippen LogP contribution in [0.25, 0.3) is 0 Å². The van der Waals surface area contributed by atoms with Crippen molar-refractivity contribution in [3.8, 4) is 0 Å². The molecule has 1 aromatic heterocycles. The van der Waals surface area contributed by atoms with Gasteiger partial charge in [-0.1, -0.05) is 0 Å². The molecule has 4 heteroatoms. The minimum atomic E-state index is -0.560. The van der Waals surface area contributed by atoms with E-state index in [9.17, 15) is 9.18 Å². The van der Waals surface area contributed by atoms with Gasteiger partial charge in [0, 0.05) is 26.3 Å². The Hall–Kier alpha value is -1.29. The second kappa shape index (κ2) is 5.44. The summed E-state index contributed by atoms with van der Waals surface area (Å²) in [6, 6.07) is 2.69. The molecule has 0 aliphatic carbocycles. The topological polar surface area (TPSA) is 39.2 Å². The van der Waals surface area contributed by atoms with Crippen LogP contribution in [-0.4, -0.2) is 24.5 Å². The van der Waals surface area contributed by atoms with Gasteiger partial charge in [-0.05, 0) is 18.6 Å². The predicted octanol–water partition coefficient (Wildman–Crippen LogP) is 1.83. The summed E-state index contributed by atoms with van der Waals surface area (Å²) < 4.78 is 17.8. The molecule has 0 aromatic carbocycles. The van der Waals surface area contributed by atoms with Gasteiger partial charge in [0.2, 0.25) is 0 Å². The summed E-state index contributed by atoms with van der Waals surface area (Å²) in [7, 11) is 1.56. The third-order valence-corrected chi connectivity index (χ3v) is 1.77. The van der Waals surface area contributed by atoms with Crippen molar-refractivity contribution in [2.75, 3.05) is 13.7 Å². The summed E-state index contributed by atoms with van der Waals surface area (Å²) in [4.78, 5) is 15.1. The minimum absolute atomic E-state index is 0.0800. The fourth-order valence-corrected chi connectivity index (χ4v) is 1.09. The van der Waals surface area contributed by atoms with E-state index < -0.39 is 5.82 Å². The maximum Gasteiger partial charge on any atom is 0.184 e. The van der Waals surface area contributed by atoms with Gasteiger partial charge in [0.25, 0.3) is 0 Å². The average molecular weight is 197 g/mol. The maximum absolute atomic E-state index is 13.0. The van der Waals surface area contributed by atoms with Crippen LogP contribution in [0.15, 0.2) is 18.3 Å². The molecule has 76 valence electrons. The molecule has 3 nitrogen and oxygen atoms in total. The third-order valence-electron chi connectivity index (χ3n) is 1.77. The lowest BCUT2D eigenvalue weighted by molar-refractivity contribution is 0.0954. The van der Waals surface area contributed by atoms with Crippen LogP contribution in [0.3, 0.4) is 0 Å². The van der Waals surface area contributed by atoms with Crippen LogP contribution in [0, 0.1) is 5.82 Å². The van der Waals surface area contributed by atoms with Crippen molar-refractivity contribution >= 4 is 5.78 Å². The Morgan fingerprint density at radius 1 is 1.64 bits per heavy atom. The molecular formula is C10H12FNO2. The SMILES string of the molecule is COCCCC(=O)c1ncccc1F. The second-order valence-corrected chi connectivity index (χ2v) is 2.85. The maximum atomic E-state index is 13.0. The fourth-order valence-electron chi connectivity index (χ4n) is 1.09. The van der Waals surface area contributed by atoms with Crippen molar-refractivity contribution < 1.29 is 13.9 Å². The first-order valence-electron chi connectivity index (χ1n) is 4.38. The van der Waals surface area contributed by atoms with Gasteiger partial charge in [-0.25, -0.2) is 4.39 Å². The van der Waals surface area contributed by atoms with E-state index in [1.807, 2.05) is 0 Å². The second-order valence-electron chi connectivity index (χ2n) is 2.85. The first kappa shape index (κ1) is 10.8. The van der Waals surface area contributed by atoms with Gasteiger partial charge in [-0.15, -0.1) is 0 Å². The van der Waals surface area contributed by atoms with E-state index in [1.165, 1.54) is 18.3 Å². The highest BCUT2D eigenvalue weighted by Gasteiger charge is 2.11. The summed E-state index contributed by atoms with van der Waals surface area (Å²) in [5.41, 5.74) is -0.0800. The highest BCUT2D eigenvalue weighted by molar-refractivity contribution is 5.94. The van der Waals surface area contributed by atoms with Crippen molar-refractivity contribution in [1.29, 1.82) is 0 Å². The Morgan fingerprint density at radius 2 is 2.43 bits per heavy atom. The monoisotopic (exact) mass is 197 g/mol. The van der Waals surface area contributed by atoms with Crippen molar-refractivity contribution in [3.63, 3.8) is 0 Å². The molecule has 0 aliphatic heterocycles. The van der Waals surface area contributed by atoms with Gasteiger partial charge in [0.15, 0.2) is 11.6 Å². The largest absolute Gasteiger partial charge is 0.385 e. The molecule has 0 radical (unpaired) electrons. The number of aromatic nitrogens is 1. The summed E-state index contributed by atoms with van der Waals surface area (Å²) in [5, 5.41) is 0. The zero-order valence-electron chi connectivity index (χ0n) is 8.00. The van der Waals surface area contributed by atoms with Crippen molar-refractivity contribution in [2.45, 2.75) is 12.8 Å². The molecule has 0 fully saturated rings. The number of methoxy groups -OCH3 is 1. The van der Waals surface area contributed by atoms with E-state index in [0.717, 1.165) is 0 Å². The van der Waals surface area contributed by atoms with Crippen LogP contribution >= 0.6 is 0 Å². The lowest BCUT2D eigenvalue weighted by Gasteiger charge is -2.00. The van der Waals surface area contributed by atoms with E-state index in [0.29, 0.717) is 13.0 Å². The number of rotatable bonds is 5. The molecule has 0 bridgehead atoms. The van der Waals surface area contributed by atoms with Crippen molar-refractivity contribution in [3.05, 3.63) is 29.8 Å². The smallest absolute Gasteiger partial charge is 0.184 e. The predicted molar refractivity (Wildman–Crippen MR) is 49.6 cm³/mol. The van der Waals surface area contributed by atoms with Crippen LogP contribution in [-0.2, 0) is 4.74 Å². The molecule has 0 saturated carbocycles. The normalized spacial score (nSPS) is 10.1. The lowest BCUT2D eigenvalue weighted by atomic mass is 10.1. The Kier molecular flexibility index (Phi) is 4.19. The van der Waals surface area contributed by atoms with E-state index >= 15 is 0 Å². The molecular weight excluding hydrogens is 185 g/mol. The third kappa shape index (κ3) is 2.88. The highest BCUT2D eigenvalue weighted by atomic mass is 19.1. The number of Topliss-reactive ketones (excluding diaryl/α,β-unsaturated/α-hetero) is 1. The number of halogens is 1. The summed E-state index contributed by atoms with van der Waals surface area (Å²) >= 11 is 0. The van der Waals surface area contributed by atoms with E-state index in [-0.39, 0.29) is 17.9 Å². The first-order valence-corrected chi connectivity index (χ1v) is 4.38. The van der Waals surface area contributed by atoms with E-state index in [4.69, 9.17) is 4.74 Å². The van der Waals surface area contributed by atoms with Gasteiger partial charge in [-0.2, -0.15) is 0 Å². The molecule has 14 heavy (non-hydrogen) atoms. The molecule has 0 spiro atoms. The number of ether oxygens (including phenoxy) is 1. The van der Waals surface area contributed by atoms with E-state index in [1.54, 1.807) is 7.11 Å². The zero-order valence-corrected chi connectivity index (χ0v) is 8.00. The van der Waals surface area contributed by atoms with Gasteiger partial charge >= 0.3 is 0 Å². The standard InChI is InChI=1S/C10H12FNO2/c1-14-7-3-5-9(13)10-8(11)4-2-6-12-10/h2,4,6H,3,5,7H2,1H3. The van der Waals surface area contributed by atoms with Gasteiger partial charge < -0.3 is 4.74 Å². The summed E-state index contributed by atoms with van der Waals surface area (Å²) in [5.74, 6) is -0.838. The molecule has 1 heterocycles. The molecule has 1 aromatic rings. The molecule has 0 aliphatic rings. The Bertz CT molecular complexity index is 315. The number of carbonyl (C=O) groups excluding carboxylic acids is 1. The molecule has 1 rings (SSSR count). The Morgan fingerprint density at radius 3 is 3.07 bits per heavy atom. The van der Waals surface area contributed by atoms with Gasteiger partial charge in [0.1, 0.15) is 5.69 Å². The van der Waals surface area contributed by atoms with Gasteiger partial charge in [-0.3, -0.25) is 9.78 Å². The number of nitrogens with zero attached hydrogens (tertiary/aromatic N) is 1. The van der Waals surface area contributed by atoms with Crippen molar-refractivity contribution in [2.24, 2.45) is 0 Å². The minimum Gasteiger partial charge on any atom is -0.385 e. The number of hydrogen-bond acceptors (Lipinski definition) is 3. The van der Waals surface area contributed by atoms with Crippen LogP contribution in [0.4, 0.5) is 4.39 Å². The Balaban J connectivity index is 2.56. The average Bonchev–Trinajstić information content (AvgIpc) is 2.18. The zero-order chi connectivity index (χ0) is 10.4. The molecule has 0 unspecified atom stereocenters. The Labute approximate surface area is 81.9 Å². The van der Waals surface area contributed by atoms with E-state index in [2.05, 4.69) is 4.98 Å². The highest BCUT2D eigenvalue weighted by Crippen LogP contribution is 2.07. The number of pyridine rings is 1. The number of ketones is 1. The molecule has 0 atom stereocenters. The van der Waals surface area contributed by atoms with Crippen molar-refractivity contribution in [1.82, 2.24) is 4.98 Å². The van der Waals surface area contributed by atoms with Crippen LogP contribution < -0.4 is 0 Å². The van der Waals surface area contributed by atoms with Gasteiger partial charge in [0.05, 0.1) is 0 Å². The molecule has 0 saturated heterocycles. The molecule has 0 amide bonds. The van der Waals surface area contributed by atoms with Crippen LogP contribution in [0.1, 0.15) is 23.3 Å². The number of carbonyl (C=O) groups is 1. The fraction of sp³-hybridized carbons (Fsp3) is 0.400.